The van der Waals surface area contributed by atoms with Crippen molar-refractivity contribution in [1.29, 1.82) is 0 Å². The number of pyridine rings is 1. The van der Waals surface area contributed by atoms with Crippen LogP contribution in [0.25, 0.3) is 11.3 Å². The van der Waals surface area contributed by atoms with Crippen LogP contribution in [0.4, 0.5) is 17.1 Å². The number of ether oxygens (including phenoxy) is 1. The summed E-state index contributed by atoms with van der Waals surface area (Å²) >= 11 is 0. The van der Waals surface area contributed by atoms with Crippen molar-refractivity contribution in [2.75, 3.05) is 16.8 Å². The largest absolute Gasteiger partial charge is 3.00 e. The number of aromatic nitrogens is 1. The Hall–Kier alpha value is -3.14. The summed E-state index contributed by atoms with van der Waals surface area (Å²) < 4.78 is 6.33. The molecule has 0 radical (unpaired) electrons. The molecule has 3 heterocycles. The van der Waals surface area contributed by atoms with E-state index in [4.69, 9.17) is 4.74 Å². The standard InChI is InChI=1S/C22H24N2O.C11H8N.Ir/c1-21(2)9-10-22(3,4)15-12-19-17(11-14(15)21)24-13-23(5)16-7-6-8-18(25-19)20(16)24;1-2-6-10(7-3-1)11-8-4-5-9-12-11;/h6-8,12-13H,9-10H2,1-5H3;1-6,8-9H;/q-2;-1;+3. The molecule has 0 saturated heterocycles. The third kappa shape index (κ3) is 4.52. The molecule has 5 heteroatoms. The summed E-state index contributed by atoms with van der Waals surface area (Å²) in [6, 6.07) is 29.1. The fourth-order valence-electron chi connectivity index (χ4n) is 5.50. The summed E-state index contributed by atoms with van der Waals surface area (Å²) in [5.41, 5.74) is 8.38. The molecule has 0 atom stereocenters. The molecule has 0 unspecified atom stereocenters. The van der Waals surface area contributed by atoms with E-state index in [1.54, 1.807) is 6.20 Å². The van der Waals surface area contributed by atoms with Gasteiger partial charge in [0.1, 0.15) is 5.75 Å². The van der Waals surface area contributed by atoms with Gasteiger partial charge in [0, 0.05) is 17.6 Å². The third-order valence-corrected chi connectivity index (χ3v) is 7.80. The molecule has 1 aliphatic carbocycles. The Morgan fingerprint density at radius 3 is 2.45 bits per heavy atom. The second kappa shape index (κ2) is 9.87. The first kappa shape index (κ1) is 26.5. The monoisotopic (exact) mass is 679 g/mol. The van der Waals surface area contributed by atoms with E-state index >= 15 is 0 Å². The van der Waals surface area contributed by atoms with Gasteiger partial charge in [-0.05, 0) is 42.8 Å². The Balaban J connectivity index is 0.000000191. The average molecular weight is 679 g/mol. The van der Waals surface area contributed by atoms with Gasteiger partial charge in [0.15, 0.2) is 0 Å². The van der Waals surface area contributed by atoms with E-state index in [-0.39, 0.29) is 30.9 Å². The second-order valence-electron chi connectivity index (χ2n) is 11.4. The summed E-state index contributed by atoms with van der Waals surface area (Å²) in [5.74, 6) is 1.84. The van der Waals surface area contributed by atoms with Gasteiger partial charge >= 0.3 is 20.1 Å². The Kier molecular flexibility index (Phi) is 6.87. The van der Waals surface area contributed by atoms with Crippen molar-refractivity contribution in [2.24, 2.45) is 0 Å². The Morgan fingerprint density at radius 1 is 0.921 bits per heavy atom. The topological polar surface area (TPSA) is 28.6 Å². The molecule has 4 nitrogen and oxygen atoms in total. The van der Waals surface area contributed by atoms with Crippen LogP contribution in [-0.4, -0.2) is 12.0 Å². The van der Waals surface area contributed by atoms with Crippen molar-refractivity contribution in [2.45, 2.75) is 51.4 Å². The van der Waals surface area contributed by atoms with Gasteiger partial charge in [-0.25, -0.2) is 0 Å². The Labute approximate surface area is 240 Å². The summed E-state index contributed by atoms with van der Waals surface area (Å²) in [4.78, 5) is 8.61. The van der Waals surface area contributed by atoms with Crippen LogP contribution in [0.1, 0.15) is 51.7 Å². The van der Waals surface area contributed by atoms with Crippen molar-refractivity contribution >= 4 is 17.1 Å². The van der Waals surface area contributed by atoms with E-state index in [2.05, 4.69) is 92.6 Å². The maximum atomic E-state index is 6.33. The number of para-hydroxylation sites is 1. The fourth-order valence-corrected chi connectivity index (χ4v) is 5.50. The number of hydrogen-bond acceptors (Lipinski definition) is 4. The SMILES string of the molecule is CN1[CH-]N2c3[c-]c4c(cc3Oc3cccc1c32)C(C)(C)CCC4(C)C.[Ir+3].[c-]1ccccc1-c1ccccn1. The maximum absolute atomic E-state index is 6.33. The quantitative estimate of drug-likeness (QED) is 0.190. The van der Waals surface area contributed by atoms with Crippen LogP contribution >= 0.6 is 0 Å². The zero-order chi connectivity index (χ0) is 25.8. The van der Waals surface area contributed by atoms with Crippen LogP contribution in [0.15, 0.2) is 72.9 Å². The van der Waals surface area contributed by atoms with Gasteiger partial charge in [0.2, 0.25) is 0 Å². The molecule has 3 aromatic carbocycles. The van der Waals surface area contributed by atoms with E-state index in [0.717, 1.165) is 34.1 Å². The van der Waals surface area contributed by atoms with Gasteiger partial charge in [-0.2, -0.15) is 18.3 Å². The second-order valence-corrected chi connectivity index (χ2v) is 11.4. The van der Waals surface area contributed by atoms with E-state index in [0.29, 0.717) is 0 Å². The summed E-state index contributed by atoms with van der Waals surface area (Å²) in [5, 5.41) is 0. The molecule has 38 heavy (non-hydrogen) atoms. The van der Waals surface area contributed by atoms with E-state index in [9.17, 15) is 0 Å². The van der Waals surface area contributed by atoms with E-state index in [1.807, 2.05) is 42.5 Å². The molecule has 4 aromatic rings. The molecule has 0 spiro atoms. The maximum Gasteiger partial charge on any atom is 3.00 e. The van der Waals surface area contributed by atoms with Crippen LogP contribution in [-0.2, 0) is 30.9 Å². The first-order valence-corrected chi connectivity index (χ1v) is 12.9. The van der Waals surface area contributed by atoms with Crippen LogP contribution in [0.2, 0.25) is 0 Å². The van der Waals surface area contributed by atoms with Crippen molar-refractivity contribution in [3.63, 3.8) is 0 Å². The van der Waals surface area contributed by atoms with E-state index in [1.165, 1.54) is 29.7 Å². The molecule has 0 fully saturated rings. The fraction of sp³-hybridized carbons (Fsp3) is 0.273. The molecule has 194 valence electrons. The molecular weight excluding hydrogens is 647 g/mol. The van der Waals surface area contributed by atoms with Crippen LogP contribution in [0.5, 0.6) is 11.5 Å². The number of rotatable bonds is 1. The number of hydrogen-bond donors (Lipinski definition) is 0. The molecule has 0 N–H and O–H groups in total. The average Bonchev–Trinajstić information content (AvgIpc) is 3.25. The van der Waals surface area contributed by atoms with Crippen molar-refractivity contribution in [1.82, 2.24) is 4.98 Å². The molecule has 0 saturated carbocycles. The first-order valence-electron chi connectivity index (χ1n) is 12.9. The predicted octanol–water partition coefficient (Wildman–Crippen LogP) is 8.19. The Morgan fingerprint density at radius 2 is 1.71 bits per heavy atom. The normalized spacial score (nSPS) is 17.1. The summed E-state index contributed by atoms with van der Waals surface area (Å²) in [7, 11) is 2.08. The molecular formula is C33H32IrN3O. The number of anilines is 3. The molecule has 7 rings (SSSR count). The zero-order valence-corrected chi connectivity index (χ0v) is 24.9. The van der Waals surface area contributed by atoms with Crippen molar-refractivity contribution < 1.29 is 24.8 Å². The van der Waals surface area contributed by atoms with Crippen LogP contribution < -0.4 is 14.5 Å². The molecule has 0 bridgehead atoms. The number of fused-ring (bicyclic) bond motifs is 3. The zero-order valence-electron chi connectivity index (χ0n) is 22.5. The van der Waals surface area contributed by atoms with Crippen LogP contribution in [0, 0.1) is 18.8 Å². The predicted molar refractivity (Wildman–Crippen MR) is 150 cm³/mol. The molecule has 3 aliphatic rings. The van der Waals surface area contributed by atoms with Crippen LogP contribution in [0.3, 0.4) is 0 Å². The molecule has 2 aliphatic heterocycles. The van der Waals surface area contributed by atoms with Gasteiger partial charge in [-0.15, -0.1) is 47.5 Å². The summed E-state index contributed by atoms with van der Waals surface area (Å²) in [6.45, 7) is 11.5. The number of benzene rings is 3. The van der Waals surface area contributed by atoms with Gasteiger partial charge in [-0.1, -0.05) is 63.4 Å². The first-order chi connectivity index (χ1) is 17.7. The Bertz CT molecular complexity index is 1410. The van der Waals surface area contributed by atoms with E-state index < -0.39 is 0 Å². The molecule has 1 aromatic heterocycles. The molecule has 0 amide bonds. The number of nitrogens with zero attached hydrogens (tertiary/aromatic N) is 3. The minimum Gasteiger partial charge on any atom is -0.513 e. The smallest absolute Gasteiger partial charge is 0.513 e. The van der Waals surface area contributed by atoms with Gasteiger partial charge < -0.3 is 19.5 Å². The van der Waals surface area contributed by atoms with Crippen molar-refractivity contribution in [3.8, 4) is 22.8 Å². The van der Waals surface area contributed by atoms with Gasteiger partial charge in [0.05, 0.1) is 5.69 Å². The minimum absolute atomic E-state index is 0. The minimum atomic E-state index is 0. The van der Waals surface area contributed by atoms with Gasteiger partial charge in [-0.3, -0.25) is 0 Å². The van der Waals surface area contributed by atoms with Gasteiger partial charge in [0.25, 0.3) is 0 Å². The summed E-state index contributed by atoms with van der Waals surface area (Å²) in [6.07, 6.45) is 4.17. The van der Waals surface area contributed by atoms with Crippen molar-refractivity contribution in [3.05, 3.63) is 103 Å². The third-order valence-electron chi connectivity index (χ3n) is 7.80.